The van der Waals surface area contributed by atoms with Crippen molar-refractivity contribution in [3.63, 3.8) is 0 Å². The Hall–Kier alpha value is -1.03. The standard InChI is InChI=1S/C14H20BrN3/c1-14(2,3)10-17(4)13-11(9-15)18-8-6-5-7-12(18)16-13/h5-8H,9-10H2,1-4H3. The van der Waals surface area contributed by atoms with E-state index in [2.05, 4.69) is 59.2 Å². The van der Waals surface area contributed by atoms with Crippen molar-refractivity contribution in [3.05, 3.63) is 30.1 Å². The van der Waals surface area contributed by atoms with Gasteiger partial charge in [0.05, 0.1) is 5.69 Å². The third kappa shape index (κ3) is 2.69. The van der Waals surface area contributed by atoms with Gasteiger partial charge in [-0.1, -0.05) is 42.8 Å². The van der Waals surface area contributed by atoms with Crippen molar-refractivity contribution in [3.8, 4) is 0 Å². The molecule has 0 aliphatic carbocycles. The molecule has 0 saturated carbocycles. The summed E-state index contributed by atoms with van der Waals surface area (Å²) in [7, 11) is 2.11. The summed E-state index contributed by atoms with van der Waals surface area (Å²) in [4.78, 5) is 6.97. The molecule has 0 N–H and O–H groups in total. The molecule has 0 saturated heterocycles. The second kappa shape index (κ2) is 4.92. The highest BCUT2D eigenvalue weighted by molar-refractivity contribution is 9.08. The average Bonchev–Trinajstić information content (AvgIpc) is 2.65. The molecule has 0 unspecified atom stereocenters. The van der Waals surface area contributed by atoms with Crippen LogP contribution in [0, 0.1) is 5.41 Å². The van der Waals surface area contributed by atoms with Crippen molar-refractivity contribution >= 4 is 27.4 Å². The van der Waals surface area contributed by atoms with Crippen LogP contribution >= 0.6 is 15.9 Å². The lowest BCUT2D eigenvalue weighted by molar-refractivity contribution is 0.418. The second-order valence-electron chi connectivity index (χ2n) is 5.86. The van der Waals surface area contributed by atoms with Gasteiger partial charge in [0.2, 0.25) is 0 Å². The normalized spacial score (nSPS) is 12.1. The first-order valence-electron chi connectivity index (χ1n) is 6.15. The van der Waals surface area contributed by atoms with E-state index >= 15 is 0 Å². The van der Waals surface area contributed by atoms with Gasteiger partial charge in [0, 0.05) is 25.1 Å². The summed E-state index contributed by atoms with van der Waals surface area (Å²) in [6.07, 6.45) is 2.06. The molecule has 18 heavy (non-hydrogen) atoms. The van der Waals surface area contributed by atoms with Crippen LogP contribution in [0.25, 0.3) is 5.65 Å². The predicted octanol–water partition coefficient (Wildman–Crippen LogP) is 3.71. The fourth-order valence-electron chi connectivity index (χ4n) is 2.25. The Balaban J connectivity index is 2.44. The fraction of sp³-hybridized carbons (Fsp3) is 0.500. The summed E-state index contributed by atoms with van der Waals surface area (Å²) in [5.74, 6) is 1.06. The van der Waals surface area contributed by atoms with E-state index in [1.807, 2.05) is 18.2 Å². The SMILES string of the molecule is CN(CC(C)(C)C)c1nc2ccccn2c1CBr. The quantitative estimate of drug-likeness (QED) is 0.806. The molecule has 4 heteroatoms. The summed E-state index contributed by atoms with van der Waals surface area (Å²) in [6, 6.07) is 6.10. The number of alkyl halides is 1. The van der Waals surface area contributed by atoms with E-state index in [9.17, 15) is 0 Å². The molecule has 98 valence electrons. The highest BCUT2D eigenvalue weighted by Crippen LogP contribution is 2.25. The van der Waals surface area contributed by atoms with Crippen LogP contribution in [0.5, 0.6) is 0 Å². The van der Waals surface area contributed by atoms with Crippen molar-refractivity contribution < 1.29 is 0 Å². The molecule has 0 atom stereocenters. The number of halogens is 1. The van der Waals surface area contributed by atoms with Gasteiger partial charge in [0.25, 0.3) is 0 Å². The molecule has 2 heterocycles. The smallest absolute Gasteiger partial charge is 0.151 e. The number of pyridine rings is 1. The van der Waals surface area contributed by atoms with Gasteiger partial charge in [-0.3, -0.25) is 0 Å². The van der Waals surface area contributed by atoms with Crippen LogP contribution in [0.4, 0.5) is 5.82 Å². The van der Waals surface area contributed by atoms with Gasteiger partial charge in [0.15, 0.2) is 5.82 Å². The molecule has 0 radical (unpaired) electrons. The minimum absolute atomic E-state index is 0.258. The van der Waals surface area contributed by atoms with E-state index in [-0.39, 0.29) is 5.41 Å². The van der Waals surface area contributed by atoms with E-state index in [4.69, 9.17) is 4.98 Å². The summed E-state index contributed by atoms with van der Waals surface area (Å²) in [5.41, 5.74) is 2.47. The molecule has 2 aromatic rings. The molecule has 3 nitrogen and oxygen atoms in total. The first-order valence-corrected chi connectivity index (χ1v) is 7.27. The molecule has 0 spiro atoms. The van der Waals surface area contributed by atoms with E-state index in [0.29, 0.717) is 0 Å². The summed E-state index contributed by atoms with van der Waals surface area (Å²) >= 11 is 3.57. The number of hydrogen-bond donors (Lipinski definition) is 0. The van der Waals surface area contributed by atoms with Crippen LogP contribution < -0.4 is 4.90 Å². The molecule has 2 aromatic heterocycles. The highest BCUT2D eigenvalue weighted by atomic mass is 79.9. The van der Waals surface area contributed by atoms with Crippen molar-refractivity contribution in [2.24, 2.45) is 5.41 Å². The molecule has 0 bridgehead atoms. The topological polar surface area (TPSA) is 20.5 Å². The van der Waals surface area contributed by atoms with E-state index < -0.39 is 0 Å². The van der Waals surface area contributed by atoms with Crippen LogP contribution in [-0.4, -0.2) is 23.0 Å². The monoisotopic (exact) mass is 309 g/mol. The van der Waals surface area contributed by atoms with Crippen LogP contribution in [0.15, 0.2) is 24.4 Å². The summed E-state index contributed by atoms with van der Waals surface area (Å²) in [6.45, 7) is 7.71. The zero-order valence-electron chi connectivity index (χ0n) is 11.4. The van der Waals surface area contributed by atoms with E-state index in [1.54, 1.807) is 0 Å². The van der Waals surface area contributed by atoms with Crippen LogP contribution in [0.3, 0.4) is 0 Å². The third-order valence-electron chi connectivity index (χ3n) is 2.81. The minimum atomic E-state index is 0.258. The Morgan fingerprint density at radius 3 is 2.67 bits per heavy atom. The van der Waals surface area contributed by atoms with Gasteiger partial charge < -0.3 is 9.30 Å². The number of nitrogens with zero attached hydrogens (tertiary/aromatic N) is 3. The maximum atomic E-state index is 4.73. The average molecular weight is 310 g/mol. The van der Waals surface area contributed by atoms with Crippen molar-refractivity contribution in [2.75, 3.05) is 18.5 Å². The highest BCUT2D eigenvalue weighted by Gasteiger charge is 2.19. The van der Waals surface area contributed by atoms with Gasteiger partial charge in [0.1, 0.15) is 5.65 Å². The second-order valence-corrected chi connectivity index (χ2v) is 6.42. The maximum absolute atomic E-state index is 4.73. The maximum Gasteiger partial charge on any atom is 0.151 e. The Morgan fingerprint density at radius 1 is 1.33 bits per heavy atom. The van der Waals surface area contributed by atoms with Gasteiger partial charge >= 0.3 is 0 Å². The van der Waals surface area contributed by atoms with Gasteiger partial charge in [-0.15, -0.1) is 0 Å². The van der Waals surface area contributed by atoms with Crippen molar-refractivity contribution in [1.82, 2.24) is 9.38 Å². The molecule has 0 fully saturated rings. The molecular formula is C14H20BrN3. The van der Waals surface area contributed by atoms with Crippen LogP contribution in [0.1, 0.15) is 26.5 Å². The largest absolute Gasteiger partial charge is 0.358 e. The summed E-state index contributed by atoms with van der Waals surface area (Å²) < 4.78 is 2.14. The first kappa shape index (κ1) is 13.4. The Labute approximate surface area is 117 Å². The zero-order chi connectivity index (χ0) is 13.3. The molecule has 2 rings (SSSR count). The molecule has 0 aliphatic rings. The zero-order valence-corrected chi connectivity index (χ0v) is 13.0. The molecule has 0 aromatic carbocycles. The predicted molar refractivity (Wildman–Crippen MR) is 80.5 cm³/mol. The van der Waals surface area contributed by atoms with Crippen LogP contribution in [-0.2, 0) is 5.33 Å². The number of hydrogen-bond acceptors (Lipinski definition) is 2. The summed E-state index contributed by atoms with van der Waals surface area (Å²) in [5, 5.41) is 0.808. The lowest BCUT2D eigenvalue weighted by Gasteiger charge is -2.27. The van der Waals surface area contributed by atoms with Crippen LogP contribution in [0.2, 0.25) is 0 Å². The van der Waals surface area contributed by atoms with Gasteiger partial charge in [-0.25, -0.2) is 4.98 Å². The Bertz CT molecular complexity index is 539. The molecule has 0 amide bonds. The van der Waals surface area contributed by atoms with Gasteiger partial charge in [-0.2, -0.15) is 0 Å². The van der Waals surface area contributed by atoms with Crippen molar-refractivity contribution in [2.45, 2.75) is 26.1 Å². The van der Waals surface area contributed by atoms with Crippen molar-refractivity contribution in [1.29, 1.82) is 0 Å². The molecule has 0 aliphatic heterocycles. The first-order chi connectivity index (χ1) is 8.42. The fourth-order valence-corrected chi connectivity index (χ4v) is 2.77. The number of imidazole rings is 1. The van der Waals surface area contributed by atoms with E-state index in [1.165, 1.54) is 5.69 Å². The minimum Gasteiger partial charge on any atom is -0.358 e. The van der Waals surface area contributed by atoms with Gasteiger partial charge in [-0.05, 0) is 17.5 Å². The Kier molecular flexibility index (Phi) is 3.66. The molecular weight excluding hydrogens is 290 g/mol. The Morgan fingerprint density at radius 2 is 2.06 bits per heavy atom. The third-order valence-corrected chi connectivity index (χ3v) is 3.34. The lowest BCUT2D eigenvalue weighted by Crippen LogP contribution is -2.30. The number of aromatic nitrogens is 2. The lowest BCUT2D eigenvalue weighted by atomic mass is 9.96. The number of fused-ring (bicyclic) bond motifs is 1. The van der Waals surface area contributed by atoms with E-state index in [0.717, 1.165) is 23.3 Å². The number of rotatable bonds is 3. The number of anilines is 1.